The highest BCUT2D eigenvalue weighted by Crippen LogP contribution is 2.40. The van der Waals surface area contributed by atoms with Gasteiger partial charge >= 0.3 is 5.97 Å². The highest BCUT2D eigenvalue weighted by molar-refractivity contribution is 7.17. The summed E-state index contributed by atoms with van der Waals surface area (Å²) in [5.41, 5.74) is 3.35. The van der Waals surface area contributed by atoms with Crippen LogP contribution in [0.25, 0.3) is 5.00 Å². The van der Waals surface area contributed by atoms with Crippen LogP contribution in [0, 0.1) is 13.8 Å². The Hall–Kier alpha value is -5.74. The van der Waals surface area contributed by atoms with E-state index in [1.807, 2.05) is 30.5 Å². The SMILES string of the molecule is COC(=O)CC1N=C(c2ccc(Cl)cc2)c2c(sc(C(=O)NCCCCCCCCOc3ccc4c(c3)C(=O)N(C3CCC(=O)NC3=O)C4=O)c2C)-n2c(C)nnc21. The maximum Gasteiger partial charge on any atom is 0.308 e. The smallest absolute Gasteiger partial charge is 0.308 e. The zero-order valence-electron chi connectivity index (χ0n) is 32.3. The van der Waals surface area contributed by atoms with E-state index >= 15 is 0 Å². The fourth-order valence-corrected chi connectivity index (χ4v) is 8.83. The number of unbranched alkanes of at least 4 members (excludes halogenated alkanes) is 5. The van der Waals surface area contributed by atoms with Crippen LogP contribution in [0.4, 0.5) is 0 Å². The number of hydrogen-bond acceptors (Lipinski definition) is 12. The number of thiophene rings is 1. The highest BCUT2D eigenvalue weighted by Gasteiger charge is 2.45. The molecular weight excluding hydrogens is 786 g/mol. The molecule has 2 unspecified atom stereocenters. The molecule has 1 saturated heterocycles. The molecule has 2 atom stereocenters. The summed E-state index contributed by atoms with van der Waals surface area (Å²) in [5, 5.41) is 15.3. The van der Waals surface area contributed by atoms with Crippen molar-refractivity contribution in [2.75, 3.05) is 20.3 Å². The van der Waals surface area contributed by atoms with E-state index in [-0.39, 0.29) is 36.3 Å². The van der Waals surface area contributed by atoms with Crippen molar-refractivity contribution < 1.29 is 38.2 Å². The molecule has 0 aliphatic carbocycles. The summed E-state index contributed by atoms with van der Waals surface area (Å²) in [6, 6.07) is 10.3. The van der Waals surface area contributed by atoms with Gasteiger partial charge in [-0.05, 0) is 69.0 Å². The number of hydrogen-bond donors (Lipinski definition) is 2. The second-order valence-electron chi connectivity index (χ2n) is 14.3. The molecule has 302 valence electrons. The Bertz CT molecular complexity index is 2340. The third kappa shape index (κ3) is 8.16. The zero-order chi connectivity index (χ0) is 41.1. The average Bonchev–Trinajstić information content (AvgIpc) is 3.80. The molecular formula is C41H42ClN7O8S. The van der Waals surface area contributed by atoms with E-state index in [4.69, 9.17) is 26.1 Å². The Balaban J connectivity index is 0.890. The van der Waals surface area contributed by atoms with Crippen molar-refractivity contribution in [3.8, 4) is 10.8 Å². The summed E-state index contributed by atoms with van der Waals surface area (Å²) >= 11 is 7.56. The fourth-order valence-electron chi connectivity index (χ4n) is 7.43. The molecule has 2 N–H and O–H groups in total. The van der Waals surface area contributed by atoms with E-state index in [0.717, 1.165) is 65.1 Å². The van der Waals surface area contributed by atoms with Gasteiger partial charge in [0.15, 0.2) is 5.82 Å². The number of aliphatic imine (C=N–C) groups is 1. The lowest BCUT2D eigenvalue weighted by molar-refractivity contribution is -0.141. The average molecular weight is 828 g/mol. The number of methoxy groups -OCH3 is 1. The summed E-state index contributed by atoms with van der Waals surface area (Å²) in [7, 11) is 1.33. The van der Waals surface area contributed by atoms with Crippen LogP contribution in [-0.2, 0) is 19.1 Å². The van der Waals surface area contributed by atoms with Crippen molar-refractivity contribution in [2.24, 2.45) is 4.99 Å². The van der Waals surface area contributed by atoms with Crippen LogP contribution in [0.15, 0.2) is 47.5 Å². The van der Waals surface area contributed by atoms with Gasteiger partial charge in [0.25, 0.3) is 17.7 Å². The number of aryl methyl sites for hydroxylation is 1. The van der Waals surface area contributed by atoms with E-state index in [0.29, 0.717) is 46.2 Å². The Morgan fingerprint density at radius 1 is 0.948 bits per heavy atom. The minimum Gasteiger partial charge on any atom is -0.494 e. The second kappa shape index (κ2) is 17.4. The topological polar surface area (TPSA) is 191 Å². The standard InChI is InChI=1S/C41H42ClN7O8S/c1-22-33-34(24-10-12-25(42)13-11-24)44-29(21-32(51)56-3)36-47-46-23(2)48(36)41(33)58-35(22)38(53)43-18-8-6-4-5-7-9-19-57-26-14-15-27-28(20-26)40(55)49(39(27)54)30-16-17-31(50)45-37(30)52/h10-15,20,29-30H,4-9,16-19,21H2,1-3H3,(H,43,53)(H,45,50,52). The second-order valence-corrected chi connectivity index (χ2v) is 15.8. The van der Waals surface area contributed by atoms with E-state index in [2.05, 4.69) is 20.8 Å². The molecule has 0 bridgehead atoms. The number of fused-ring (bicyclic) bond motifs is 4. The van der Waals surface area contributed by atoms with Crippen molar-refractivity contribution in [1.82, 2.24) is 30.3 Å². The molecule has 0 spiro atoms. The monoisotopic (exact) mass is 827 g/mol. The van der Waals surface area contributed by atoms with Crippen LogP contribution in [-0.4, -0.2) is 87.2 Å². The number of aromatic nitrogens is 3. The normalized spacial score (nSPS) is 17.2. The van der Waals surface area contributed by atoms with Crippen molar-refractivity contribution in [2.45, 2.75) is 83.7 Å². The van der Waals surface area contributed by atoms with E-state index in [1.165, 1.54) is 30.6 Å². The first-order chi connectivity index (χ1) is 28.0. The maximum absolute atomic E-state index is 13.6. The number of benzene rings is 2. The molecule has 2 aromatic heterocycles. The van der Waals surface area contributed by atoms with Crippen LogP contribution in [0.2, 0.25) is 5.02 Å². The van der Waals surface area contributed by atoms with Crippen LogP contribution in [0.5, 0.6) is 5.75 Å². The molecule has 17 heteroatoms. The molecule has 0 radical (unpaired) electrons. The zero-order valence-corrected chi connectivity index (χ0v) is 33.8. The molecule has 0 saturated carbocycles. The Kier molecular flexibility index (Phi) is 12.1. The minimum absolute atomic E-state index is 0.0285. The van der Waals surface area contributed by atoms with Gasteiger partial charge in [0.1, 0.15) is 28.7 Å². The number of nitrogens with one attached hydrogen (secondary N) is 2. The van der Waals surface area contributed by atoms with E-state index < -0.39 is 41.7 Å². The number of rotatable bonds is 15. The first-order valence-electron chi connectivity index (χ1n) is 19.2. The first-order valence-corrected chi connectivity index (χ1v) is 20.4. The lowest BCUT2D eigenvalue weighted by Crippen LogP contribution is -2.54. The van der Waals surface area contributed by atoms with Gasteiger partial charge in [0.2, 0.25) is 11.8 Å². The summed E-state index contributed by atoms with van der Waals surface area (Å²) in [4.78, 5) is 82.5. The molecule has 7 rings (SSSR count). The number of carbonyl (C=O) groups is 6. The van der Waals surface area contributed by atoms with Crippen LogP contribution in [0.1, 0.15) is 123 Å². The number of piperidine rings is 1. The van der Waals surface area contributed by atoms with Crippen LogP contribution in [0.3, 0.4) is 0 Å². The predicted octanol–water partition coefficient (Wildman–Crippen LogP) is 5.60. The van der Waals surface area contributed by atoms with Gasteiger partial charge in [0.05, 0.1) is 41.9 Å². The van der Waals surface area contributed by atoms with Gasteiger partial charge in [-0.15, -0.1) is 21.5 Å². The molecule has 5 heterocycles. The lowest BCUT2D eigenvalue weighted by Gasteiger charge is -2.27. The Labute approximate surface area is 343 Å². The number of esters is 1. The quantitative estimate of drug-likeness (QED) is 0.0866. The molecule has 3 aliphatic heterocycles. The number of halogens is 1. The van der Waals surface area contributed by atoms with E-state index in [9.17, 15) is 28.8 Å². The highest BCUT2D eigenvalue weighted by atomic mass is 35.5. The van der Waals surface area contributed by atoms with Gasteiger partial charge < -0.3 is 14.8 Å². The fraction of sp³-hybridized carbons (Fsp3) is 0.390. The van der Waals surface area contributed by atoms with Crippen LogP contribution < -0.4 is 15.4 Å². The minimum atomic E-state index is -1.01. The molecule has 3 aliphatic rings. The predicted molar refractivity (Wildman–Crippen MR) is 214 cm³/mol. The third-order valence-electron chi connectivity index (χ3n) is 10.4. The number of amides is 5. The molecule has 15 nitrogen and oxygen atoms in total. The summed E-state index contributed by atoms with van der Waals surface area (Å²) in [5.74, 6) is -1.23. The third-order valence-corrected chi connectivity index (χ3v) is 12.0. The van der Waals surface area contributed by atoms with Crippen molar-refractivity contribution in [1.29, 1.82) is 0 Å². The molecule has 1 fully saturated rings. The summed E-state index contributed by atoms with van der Waals surface area (Å²) in [6.45, 7) is 4.68. The van der Waals surface area contributed by atoms with E-state index in [1.54, 1.807) is 18.2 Å². The molecule has 58 heavy (non-hydrogen) atoms. The molecule has 4 aromatic rings. The number of imide groups is 2. The van der Waals surface area contributed by atoms with Crippen molar-refractivity contribution in [3.05, 3.63) is 91.8 Å². The largest absolute Gasteiger partial charge is 0.494 e. The van der Waals surface area contributed by atoms with Gasteiger partial charge in [-0.1, -0.05) is 49.4 Å². The van der Waals surface area contributed by atoms with Crippen molar-refractivity contribution in [3.63, 3.8) is 0 Å². The first kappa shape index (κ1) is 40.5. The number of ether oxygens (including phenoxy) is 2. The number of carbonyl (C=O) groups excluding carboxylic acids is 6. The Morgan fingerprint density at radius 2 is 1.67 bits per heavy atom. The number of nitrogens with zero attached hydrogens (tertiary/aromatic N) is 5. The van der Waals surface area contributed by atoms with Gasteiger partial charge in [0, 0.05) is 29.1 Å². The molecule has 2 aromatic carbocycles. The summed E-state index contributed by atoms with van der Waals surface area (Å²) in [6.07, 6.45) is 5.57. The van der Waals surface area contributed by atoms with Crippen LogP contribution >= 0.6 is 22.9 Å². The maximum atomic E-state index is 13.6. The van der Waals surface area contributed by atoms with Crippen molar-refractivity contribution >= 4 is 64.2 Å². The van der Waals surface area contributed by atoms with Gasteiger partial charge in [-0.25, -0.2) is 0 Å². The molecule has 5 amide bonds. The van der Waals surface area contributed by atoms with Gasteiger partial charge in [-0.2, -0.15) is 0 Å². The lowest BCUT2D eigenvalue weighted by atomic mass is 9.99. The van der Waals surface area contributed by atoms with Gasteiger partial charge in [-0.3, -0.25) is 48.5 Å². The summed E-state index contributed by atoms with van der Waals surface area (Å²) < 4.78 is 12.7. The Morgan fingerprint density at radius 3 is 2.41 bits per heavy atom.